The number of fused-ring (bicyclic) bond motifs is 1. The number of H-pyrrole nitrogens is 2. The Morgan fingerprint density at radius 3 is 2.47 bits per heavy atom. The summed E-state index contributed by atoms with van der Waals surface area (Å²) in [6, 6.07) is 2.34. The van der Waals surface area contributed by atoms with Gasteiger partial charge in [-0.3, -0.25) is 25.4 Å². The van der Waals surface area contributed by atoms with Crippen LogP contribution in [0.1, 0.15) is 5.56 Å². The summed E-state index contributed by atoms with van der Waals surface area (Å²) in [5, 5.41) is 10.6. The van der Waals surface area contributed by atoms with E-state index in [-0.39, 0.29) is 28.8 Å². The average Bonchev–Trinajstić information content (AvgIpc) is 2.29. The van der Waals surface area contributed by atoms with E-state index in [4.69, 9.17) is 5.73 Å². The molecule has 0 amide bonds. The SMILES string of the molecule is [NH]Cc1cc([N+](=O)[O-])cc2[nH]c(=O)c(=O)[nH]c12. The molecule has 17 heavy (non-hydrogen) atoms. The Hall–Kier alpha value is -2.48. The number of nitro groups is 1. The van der Waals surface area contributed by atoms with Gasteiger partial charge in [-0.1, -0.05) is 0 Å². The second-order valence-corrected chi connectivity index (χ2v) is 3.37. The number of hydrogen-bond acceptors (Lipinski definition) is 4. The Labute approximate surface area is 93.2 Å². The molecule has 0 atom stereocenters. The summed E-state index contributed by atoms with van der Waals surface area (Å²) < 4.78 is 0. The smallest absolute Gasteiger partial charge is 0.314 e. The number of hydrogen-bond donors (Lipinski definition) is 2. The number of non-ortho nitro benzene ring substituents is 1. The van der Waals surface area contributed by atoms with Gasteiger partial charge in [-0.05, 0) is 5.56 Å². The molecule has 0 spiro atoms. The number of nitro benzene ring substituents is 1. The lowest BCUT2D eigenvalue weighted by Gasteiger charge is -2.03. The van der Waals surface area contributed by atoms with Crippen LogP contribution in [0.4, 0.5) is 5.69 Å². The van der Waals surface area contributed by atoms with Crippen molar-refractivity contribution in [3.05, 3.63) is 48.5 Å². The maximum Gasteiger partial charge on any atom is 0.314 e. The van der Waals surface area contributed by atoms with Crippen LogP contribution in [-0.4, -0.2) is 14.9 Å². The molecule has 0 saturated heterocycles. The summed E-state index contributed by atoms with van der Waals surface area (Å²) >= 11 is 0. The molecule has 1 aromatic carbocycles. The lowest BCUT2D eigenvalue weighted by atomic mass is 10.1. The Kier molecular flexibility index (Phi) is 2.48. The molecule has 0 unspecified atom stereocenters. The zero-order valence-electron chi connectivity index (χ0n) is 8.44. The maximum atomic E-state index is 11.1. The van der Waals surface area contributed by atoms with E-state index in [0.717, 1.165) is 6.07 Å². The number of nitrogens with one attached hydrogen (secondary N) is 3. The first-order chi connectivity index (χ1) is 8.02. The lowest BCUT2D eigenvalue weighted by Crippen LogP contribution is -2.29. The van der Waals surface area contributed by atoms with Crippen LogP contribution in [-0.2, 0) is 6.54 Å². The van der Waals surface area contributed by atoms with Crippen molar-refractivity contribution in [3.8, 4) is 0 Å². The minimum absolute atomic E-state index is 0.144. The predicted molar refractivity (Wildman–Crippen MR) is 58.6 cm³/mol. The third-order valence-corrected chi connectivity index (χ3v) is 2.30. The third-order valence-electron chi connectivity index (χ3n) is 2.30. The normalized spacial score (nSPS) is 10.6. The number of nitrogens with zero attached hydrogens (tertiary/aromatic N) is 1. The number of aromatic amines is 2. The van der Waals surface area contributed by atoms with Crippen molar-refractivity contribution in [3.63, 3.8) is 0 Å². The highest BCUT2D eigenvalue weighted by Crippen LogP contribution is 2.20. The van der Waals surface area contributed by atoms with Crippen LogP contribution >= 0.6 is 0 Å². The van der Waals surface area contributed by atoms with Gasteiger partial charge in [0, 0.05) is 18.7 Å². The van der Waals surface area contributed by atoms with Crippen LogP contribution in [0.5, 0.6) is 0 Å². The molecule has 8 heteroatoms. The van der Waals surface area contributed by atoms with E-state index in [1.54, 1.807) is 0 Å². The zero-order chi connectivity index (χ0) is 12.6. The van der Waals surface area contributed by atoms with Gasteiger partial charge in [-0.2, -0.15) is 0 Å². The van der Waals surface area contributed by atoms with Crippen LogP contribution in [0, 0.1) is 10.1 Å². The van der Waals surface area contributed by atoms with Crippen molar-refractivity contribution in [2.24, 2.45) is 0 Å². The maximum absolute atomic E-state index is 11.1. The monoisotopic (exact) mass is 235 g/mol. The fraction of sp³-hybridized carbons (Fsp3) is 0.111. The first-order valence-corrected chi connectivity index (χ1v) is 4.61. The van der Waals surface area contributed by atoms with Crippen LogP contribution < -0.4 is 16.9 Å². The van der Waals surface area contributed by atoms with Gasteiger partial charge in [-0.25, -0.2) is 0 Å². The molecule has 0 aliphatic rings. The minimum Gasteiger partial charge on any atom is -0.316 e. The van der Waals surface area contributed by atoms with Crippen molar-refractivity contribution in [2.75, 3.05) is 0 Å². The van der Waals surface area contributed by atoms with E-state index in [1.807, 2.05) is 0 Å². The molecule has 3 N–H and O–H groups in total. The first kappa shape index (κ1) is 11.0. The Morgan fingerprint density at radius 2 is 1.88 bits per heavy atom. The average molecular weight is 235 g/mol. The van der Waals surface area contributed by atoms with Crippen molar-refractivity contribution in [2.45, 2.75) is 6.54 Å². The summed E-state index contributed by atoms with van der Waals surface area (Å²) in [7, 11) is 0. The Morgan fingerprint density at radius 1 is 1.24 bits per heavy atom. The Balaban J connectivity index is 2.92. The molecule has 1 radical (unpaired) electrons. The van der Waals surface area contributed by atoms with Crippen LogP contribution in [0.25, 0.3) is 11.0 Å². The van der Waals surface area contributed by atoms with E-state index in [9.17, 15) is 19.7 Å². The molecule has 0 aliphatic carbocycles. The van der Waals surface area contributed by atoms with E-state index < -0.39 is 16.0 Å². The predicted octanol–water partition coefficient (Wildman–Crippen LogP) is -0.0925. The molecule has 0 saturated carbocycles. The largest absolute Gasteiger partial charge is 0.316 e. The molecule has 2 aromatic rings. The summed E-state index contributed by atoms with van der Waals surface area (Å²) in [4.78, 5) is 36.8. The van der Waals surface area contributed by atoms with Crippen molar-refractivity contribution >= 4 is 16.7 Å². The molecule has 2 rings (SSSR count). The van der Waals surface area contributed by atoms with Gasteiger partial charge >= 0.3 is 11.1 Å². The lowest BCUT2D eigenvalue weighted by molar-refractivity contribution is -0.384. The second-order valence-electron chi connectivity index (χ2n) is 3.37. The highest BCUT2D eigenvalue weighted by atomic mass is 16.6. The molecule has 8 nitrogen and oxygen atoms in total. The van der Waals surface area contributed by atoms with Crippen LogP contribution in [0.15, 0.2) is 21.7 Å². The van der Waals surface area contributed by atoms with E-state index in [0.29, 0.717) is 0 Å². The molecular weight excluding hydrogens is 228 g/mol. The van der Waals surface area contributed by atoms with Gasteiger partial charge in [-0.15, -0.1) is 0 Å². The van der Waals surface area contributed by atoms with E-state index >= 15 is 0 Å². The second kappa shape index (κ2) is 3.83. The first-order valence-electron chi connectivity index (χ1n) is 4.61. The number of aromatic nitrogens is 2. The summed E-state index contributed by atoms with van der Waals surface area (Å²) in [5.74, 6) is 0. The van der Waals surface area contributed by atoms with Gasteiger partial charge in [0.2, 0.25) is 0 Å². The van der Waals surface area contributed by atoms with Gasteiger partial charge in [0.15, 0.2) is 0 Å². The highest BCUT2D eigenvalue weighted by Gasteiger charge is 2.12. The van der Waals surface area contributed by atoms with E-state index in [2.05, 4.69) is 9.97 Å². The quantitative estimate of drug-likeness (QED) is 0.427. The number of rotatable bonds is 2. The molecule has 1 aromatic heterocycles. The topological polar surface area (TPSA) is 133 Å². The molecular formula is C9H7N4O4. The third kappa shape index (κ3) is 1.81. The highest BCUT2D eigenvalue weighted by molar-refractivity contribution is 5.80. The summed E-state index contributed by atoms with van der Waals surface area (Å²) in [6.45, 7) is -0.236. The van der Waals surface area contributed by atoms with Gasteiger partial charge in [0.25, 0.3) is 5.69 Å². The van der Waals surface area contributed by atoms with Crippen LogP contribution in [0.3, 0.4) is 0 Å². The summed E-state index contributed by atoms with van der Waals surface area (Å²) in [6.07, 6.45) is 0. The standard InChI is InChI=1S/C9H7N4O4/c10-3-4-1-5(13(16)17)2-6-7(4)12-9(15)8(14)11-6/h1-2,10H,3H2,(H,11,14)(H,12,15). The van der Waals surface area contributed by atoms with Crippen molar-refractivity contribution in [1.29, 1.82) is 0 Å². The zero-order valence-corrected chi connectivity index (χ0v) is 8.44. The van der Waals surface area contributed by atoms with Crippen molar-refractivity contribution < 1.29 is 4.92 Å². The van der Waals surface area contributed by atoms with Crippen LogP contribution in [0.2, 0.25) is 0 Å². The molecule has 0 bridgehead atoms. The fourth-order valence-corrected chi connectivity index (χ4v) is 1.53. The molecule has 1 heterocycles. The molecule has 0 fully saturated rings. The Bertz CT molecular complexity index is 715. The summed E-state index contributed by atoms with van der Waals surface area (Å²) in [5.41, 5.74) is 5.96. The van der Waals surface area contributed by atoms with Gasteiger partial charge < -0.3 is 9.97 Å². The van der Waals surface area contributed by atoms with Crippen molar-refractivity contribution in [1.82, 2.24) is 15.7 Å². The minimum atomic E-state index is -0.881. The number of benzene rings is 1. The van der Waals surface area contributed by atoms with Gasteiger partial charge in [0.05, 0.1) is 16.0 Å². The van der Waals surface area contributed by atoms with Gasteiger partial charge in [0.1, 0.15) is 0 Å². The molecule has 87 valence electrons. The fourth-order valence-electron chi connectivity index (χ4n) is 1.53. The molecule has 0 aliphatic heterocycles. The van der Waals surface area contributed by atoms with E-state index in [1.165, 1.54) is 6.07 Å².